The molecule has 2 N–H and O–H groups in total. The number of hydrogen-bond donors (Lipinski definition) is 2. The van der Waals surface area contributed by atoms with Crippen LogP contribution in [-0.2, 0) is 9.53 Å². The number of likely N-dealkylation sites (tertiary alicyclic amines) is 1. The summed E-state index contributed by atoms with van der Waals surface area (Å²) in [6, 6.07) is 18.6. The van der Waals surface area contributed by atoms with Crippen LogP contribution in [0.15, 0.2) is 60.7 Å². The highest BCUT2D eigenvalue weighted by Crippen LogP contribution is 2.33. The first kappa shape index (κ1) is 16.6. The van der Waals surface area contributed by atoms with E-state index >= 15 is 0 Å². The van der Waals surface area contributed by atoms with Crippen molar-refractivity contribution in [2.24, 2.45) is 5.92 Å². The summed E-state index contributed by atoms with van der Waals surface area (Å²) in [5.41, 5.74) is 1.53. The van der Waals surface area contributed by atoms with Crippen LogP contribution in [0.1, 0.15) is 6.42 Å². The maximum Gasteiger partial charge on any atom is 0.322 e. The summed E-state index contributed by atoms with van der Waals surface area (Å²) in [6.45, 7) is 0.923. The number of carbonyl (C=O) groups excluding carboxylic acids is 2. The highest BCUT2D eigenvalue weighted by atomic mass is 16.5. The summed E-state index contributed by atoms with van der Waals surface area (Å²) in [5, 5.41) is 5.84. The number of para-hydroxylation sites is 2. The third-order valence-corrected chi connectivity index (χ3v) is 4.85. The van der Waals surface area contributed by atoms with Crippen LogP contribution in [0.25, 0.3) is 0 Å². The second-order valence-corrected chi connectivity index (χ2v) is 6.70. The van der Waals surface area contributed by atoms with Gasteiger partial charge in [0.05, 0.1) is 18.1 Å². The lowest BCUT2D eigenvalue weighted by Crippen LogP contribution is -2.48. The molecule has 2 aliphatic rings. The molecule has 6 heteroatoms. The fourth-order valence-corrected chi connectivity index (χ4v) is 3.58. The van der Waals surface area contributed by atoms with Crippen LogP contribution in [0, 0.1) is 5.92 Å². The first-order chi connectivity index (χ1) is 12.7. The number of hydrogen-bond acceptors (Lipinski definition) is 3. The largest absolute Gasteiger partial charge is 0.370 e. The fraction of sp³-hybridized carbons (Fsp3) is 0.300. The number of benzene rings is 2. The van der Waals surface area contributed by atoms with Gasteiger partial charge in [-0.1, -0.05) is 36.4 Å². The van der Waals surface area contributed by atoms with Crippen LogP contribution in [0.2, 0.25) is 0 Å². The van der Waals surface area contributed by atoms with Crippen LogP contribution in [0.4, 0.5) is 16.2 Å². The summed E-state index contributed by atoms with van der Waals surface area (Å²) in [5.74, 6) is -0.288. The van der Waals surface area contributed by atoms with Gasteiger partial charge in [-0.2, -0.15) is 0 Å². The van der Waals surface area contributed by atoms with Crippen LogP contribution >= 0.6 is 0 Å². The van der Waals surface area contributed by atoms with Crippen molar-refractivity contribution in [1.29, 1.82) is 0 Å². The zero-order valence-electron chi connectivity index (χ0n) is 14.3. The normalized spacial score (nSPS) is 24.2. The van der Waals surface area contributed by atoms with Gasteiger partial charge >= 0.3 is 6.03 Å². The predicted octanol–water partition coefficient (Wildman–Crippen LogP) is 2.95. The molecule has 0 aromatic heterocycles. The highest BCUT2D eigenvalue weighted by molar-refractivity contribution is 5.93. The Labute approximate surface area is 152 Å². The van der Waals surface area contributed by atoms with Crippen molar-refractivity contribution < 1.29 is 14.3 Å². The van der Waals surface area contributed by atoms with Crippen molar-refractivity contribution >= 4 is 23.3 Å². The van der Waals surface area contributed by atoms with Crippen LogP contribution < -0.4 is 10.6 Å². The molecule has 3 amide bonds. The molecule has 0 radical (unpaired) electrons. The van der Waals surface area contributed by atoms with Crippen LogP contribution in [0.5, 0.6) is 0 Å². The molecular formula is C20H21N3O3. The van der Waals surface area contributed by atoms with Gasteiger partial charge in [-0.3, -0.25) is 4.79 Å². The number of fused-ring (bicyclic) bond motifs is 2. The van der Waals surface area contributed by atoms with Crippen molar-refractivity contribution in [3.63, 3.8) is 0 Å². The van der Waals surface area contributed by atoms with Crippen LogP contribution in [0.3, 0.4) is 0 Å². The van der Waals surface area contributed by atoms with E-state index in [1.54, 1.807) is 4.90 Å². The average Bonchev–Trinajstić information content (AvgIpc) is 2.97. The second kappa shape index (κ2) is 7.17. The van der Waals surface area contributed by atoms with Crippen molar-refractivity contribution in [3.8, 4) is 0 Å². The molecule has 26 heavy (non-hydrogen) atoms. The van der Waals surface area contributed by atoms with Crippen molar-refractivity contribution in [2.45, 2.75) is 18.6 Å². The zero-order valence-corrected chi connectivity index (χ0v) is 14.3. The summed E-state index contributed by atoms with van der Waals surface area (Å²) >= 11 is 0. The van der Waals surface area contributed by atoms with E-state index in [0.717, 1.165) is 11.4 Å². The molecule has 2 saturated heterocycles. The molecule has 2 heterocycles. The molecular weight excluding hydrogens is 330 g/mol. The Balaban J connectivity index is 1.38. The third kappa shape index (κ3) is 3.55. The Bertz CT molecular complexity index is 779. The highest BCUT2D eigenvalue weighted by Gasteiger charge is 2.45. The van der Waals surface area contributed by atoms with Gasteiger partial charge in [-0.05, 0) is 30.7 Å². The van der Waals surface area contributed by atoms with E-state index in [9.17, 15) is 9.59 Å². The SMILES string of the molecule is O=C(Nc1ccccc1)[C@H]1C[C@H]2CN(C(=O)Nc3ccccc3)C[C@@H]1O2. The Kier molecular flexibility index (Phi) is 4.58. The number of nitrogens with one attached hydrogen (secondary N) is 2. The number of amides is 3. The quantitative estimate of drug-likeness (QED) is 0.893. The van der Waals surface area contributed by atoms with Gasteiger partial charge in [0.2, 0.25) is 5.91 Å². The molecule has 2 fully saturated rings. The molecule has 134 valence electrons. The summed E-state index contributed by atoms with van der Waals surface area (Å²) in [4.78, 5) is 26.9. The van der Waals surface area contributed by atoms with Gasteiger partial charge in [0.25, 0.3) is 0 Å². The van der Waals surface area contributed by atoms with Crippen LogP contribution in [-0.4, -0.2) is 42.1 Å². The maximum atomic E-state index is 12.6. The monoisotopic (exact) mass is 351 g/mol. The first-order valence-corrected chi connectivity index (χ1v) is 8.81. The summed E-state index contributed by atoms with van der Waals surface area (Å²) in [6.07, 6.45) is 0.277. The number of urea groups is 1. The molecule has 4 rings (SSSR count). The minimum absolute atomic E-state index is 0.0472. The molecule has 3 atom stereocenters. The first-order valence-electron chi connectivity index (χ1n) is 8.81. The maximum absolute atomic E-state index is 12.6. The molecule has 6 nitrogen and oxygen atoms in total. The number of carbonyl (C=O) groups is 2. The number of nitrogens with zero attached hydrogens (tertiary/aromatic N) is 1. The van der Waals surface area contributed by atoms with E-state index < -0.39 is 0 Å². The lowest BCUT2D eigenvalue weighted by atomic mass is 9.99. The molecule has 2 aliphatic heterocycles. The minimum Gasteiger partial charge on any atom is -0.370 e. The molecule has 0 aliphatic carbocycles. The molecule has 0 saturated carbocycles. The predicted molar refractivity (Wildman–Crippen MR) is 98.9 cm³/mol. The molecule has 0 unspecified atom stereocenters. The van der Waals surface area contributed by atoms with E-state index in [0.29, 0.717) is 19.5 Å². The van der Waals surface area contributed by atoms with E-state index in [-0.39, 0.29) is 30.1 Å². The Morgan fingerprint density at radius 1 is 0.885 bits per heavy atom. The lowest BCUT2D eigenvalue weighted by Gasteiger charge is -2.32. The molecule has 0 spiro atoms. The topological polar surface area (TPSA) is 70.7 Å². The van der Waals surface area contributed by atoms with Gasteiger partial charge in [-0.25, -0.2) is 4.79 Å². The van der Waals surface area contributed by atoms with Crippen molar-refractivity contribution in [1.82, 2.24) is 4.90 Å². The Morgan fingerprint density at radius 2 is 1.50 bits per heavy atom. The Morgan fingerprint density at radius 3 is 2.15 bits per heavy atom. The van der Waals surface area contributed by atoms with E-state index in [4.69, 9.17) is 4.74 Å². The van der Waals surface area contributed by atoms with Crippen molar-refractivity contribution in [2.75, 3.05) is 23.7 Å². The molecule has 2 aromatic carbocycles. The smallest absolute Gasteiger partial charge is 0.322 e. The van der Waals surface area contributed by atoms with Gasteiger partial charge in [-0.15, -0.1) is 0 Å². The van der Waals surface area contributed by atoms with E-state index in [1.165, 1.54) is 0 Å². The summed E-state index contributed by atoms with van der Waals surface area (Å²) < 4.78 is 5.92. The van der Waals surface area contributed by atoms with Gasteiger partial charge < -0.3 is 20.3 Å². The fourth-order valence-electron chi connectivity index (χ4n) is 3.58. The van der Waals surface area contributed by atoms with E-state index in [2.05, 4.69) is 10.6 Å². The zero-order chi connectivity index (χ0) is 17.9. The third-order valence-electron chi connectivity index (χ3n) is 4.85. The molecule has 2 aromatic rings. The van der Waals surface area contributed by atoms with Gasteiger partial charge in [0.1, 0.15) is 0 Å². The second-order valence-electron chi connectivity index (χ2n) is 6.70. The molecule has 2 bridgehead atoms. The average molecular weight is 351 g/mol. The van der Waals surface area contributed by atoms with Gasteiger partial charge in [0.15, 0.2) is 0 Å². The minimum atomic E-state index is -0.265. The number of rotatable bonds is 3. The standard InChI is InChI=1S/C20H21N3O3/c24-19(21-14-7-3-1-4-8-14)17-11-16-12-23(13-18(17)26-16)20(25)22-15-9-5-2-6-10-15/h1-10,16-18H,11-13H2,(H,21,24)(H,22,25)/t16-,17-,18-/m0/s1. The van der Waals surface area contributed by atoms with E-state index in [1.807, 2.05) is 60.7 Å². The Hall–Kier alpha value is -2.86. The number of morpholine rings is 1. The lowest BCUT2D eigenvalue weighted by molar-refractivity contribution is -0.122. The van der Waals surface area contributed by atoms with Crippen molar-refractivity contribution in [3.05, 3.63) is 60.7 Å². The number of ether oxygens (including phenoxy) is 1. The number of anilines is 2. The summed E-state index contributed by atoms with van der Waals surface area (Å²) in [7, 11) is 0. The van der Waals surface area contributed by atoms with Gasteiger partial charge in [0, 0.05) is 24.5 Å².